The minimum absolute atomic E-state index is 0.121. The number of esters is 1. The van der Waals surface area contributed by atoms with Gasteiger partial charge in [0.15, 0.2) is 0 Å². The van der Waals surface area contributed by atoms with Gasteiger partial charge in [-0.3, -0.25) is 4.79 Å². The summed E-state index contributed by atoms with van der Waals surface area (Å²) in [7, 11) is 0.132. The molecule has 4 heteroatoms. The maximum atomic E-state index is 13.0. The van der Waals surface area contributed by atoms with Crippen molar-refractivity contribution in [2.45, 2.75) is 25.6 Å². The van der Waals surface area contributed by atoms with E-state index in [2.05, 4.69) is 31.4 Å². The van der Waals surface area contributed by atoms with E-state index in [4.69, 9.17) is 4.74 Å². The number of carbonyl (C=O) groups is 1. The molecule has 1 saturated carbocycles. The molecule has 1 aromatic carbocycles. The van der Waals surface area contributed by atoms with Gasteiger partial charge in [-0.15, -0.1) is 0 Å². The van der Waals surface area contributed by atoms with Gasteiger partial charge in [0.05, 0.1) is 21.1 Å². The van der Waals surface area contributed by atoms with Crippen LogP contribution in [0.4, 0.5) is 4.39 Å². The fourth-order valence-corrected chi connectivity index (χ4v) is 3.33. The zero-order valence-electron chi connectivity index (χ0n) is 12.4. The molecule has 1 aromatic rings. The Hall–Kier alpha value is -1.42. The number of hydrogen-bond acceptors (Lipinski definition) is 2. The van der Waals surface area contributed by atoms with E-state index in [1.807, 2.05) is 0 Å². The van der Waals surface area contributed by atoms with Gasteiger partial charge in [0.25, 0.3) is 0 Å². The van der Waals surface area contributed by atoms with Gasteiger partial charge in [0.1, 0.15) is 5.82 Å². The Labute approximate surface area is 120 Å². The van der Waals surface area contributed by atoms with E-state index >= 15 is 0 Å². The quantitative estimate of drug-likeness (QED) is 0.624. The molecule has 2 nitrogen and oxygen atoms in total. The summed E-state index contributed by atoms with van der Waals surface area (Å²) in [6.07, 6.45) is 2.15. The number of methoxy groups -OCH3 is 1. The van der Waals surface area contributed by atoms with Crippen molar-refractivity contribution < 1.29 is 13.9 Å². The normalized spacial score (nSPS) is 25.8. The molecule has 0 saturated heterocycles. The van der Waals surface area contributed by atoms with Crippen LogP contribution in [0.25, 0.3) is 0 Å². The summed E-state index contributed by atoms with van der Waals surface area (Å²) in [5, 5.41) is 0. The summed E-state index contributed by atoms with van der Waals surface area (Å²) in [5.41, 5.74) is 3.27. The van der Waals surface area contributed by atoms with Gasteiger partial charge >= 0.3 is 5.97 Å². The third-order valence-corrected chi connectivity index (χ3v) is 4.81. The highest BCUT2D eigenvalue weighted by Crippen LogP contribution is 2.55. The van der Waals surface area contributed by atoms with Gasteiger partial charge in [0.2, 0.25) is 0 Å². The van der Waals surface area contributed by atoms with Crippen molar-refractivity contribution in [2.24, 2.45) is 11.8 Å². The molecular weight excluding hydrogens is 271 g/mol. The lowest BCUT2D eigenvalue weighted by Gasteiger charge is -2.07. The van der Waals surface area contributed by atoms with Crippen LogP contribution in [0.15, 0.2) is 36.0 Å². The van der Waals surface area contributed by atoms with E-state index in [1.165, 1.54) is 19.2 Å². The molecule has 3 atom stereocenters. The molecule has 0 bridgehead atoms. The van der Waals surface area contributed by atoms with E-state index < -0.39 is 8.07 Å². The highest BCUT2D eigenvalue weighted by Gasteiger charge is 2.54. The van der Waals surface area contributed by atoms with Crippen LogP contribution in [0.3, 0.4) is 0 Å². The minimum Gasteiger partial charge on any atom is -0.469 e. The number of benzene rings is 1. The Morgan fingerprint density at radius 3 is 2.35 bits per heavy atom. The molecular formula is C16H21FO2Si. The summed E-state index contributed by atoms with van der Waals surface area (Å²) >= 11 is 0. The maximum absolute atomic E-state index is 13.0. The average molecular weight is 292 g/mol. The van der Waals surface area contributed by atoms with Crippen LogP contribution in [0.5, 0.6) is 0 Å². The Kier molecular flexibility index (Phi) is 4.13. The van der Waals surface area contributed by atoms with E-state index in [9.17, 15) is 9.18 Å². The molecule has 2 rings (SSSR count). The second-order valence-corrected chi connectivity index (χ2v) is 11.5. The van der Waals surface area contributed by atoms with Gasteiger partial charge in [0, 0.05) is 5.92 Å². The van der Waals surface area contributed by atoms with Crippen LogP contribution in [-0.4, -0.2) is 21.2 Å². The predicted octanol–water partition coefficient (Wildman–Crippen LogP) is 3.76. The van der Waals surface area contributed by atoms with Crippen molar-refractivity contribution in [3.8, 4) is 0 Å². The number of carbonyl (C=O) groups excluding carboxylic acids is 1. The number of ether oxygens (including phenoxy) is 1. The van der Waals surface area contributed by atoms with Crippen LogP contribution in [0.1, 0.15) is 11.5 Å². The molecule has 0 unspecified atom stereocenters. The summed E-state index contributed by atoms with van der Waals surface area (Å²) in [6.45, 7) is 6.77. The molecule has 20 heavy (non-hydrogen) atoms. The number of allylic oxidation sites excluding steroid dienone is 1. The van der Waals surface area contributed by atoms with Crippen molar-refractivity contribution in [2.75, 3.05) is 7.11 Å². The highest BCUT2D eigenvalue weighted by atomic mass is 28.3. The first kappa shape index (κ1) is 15.0. The number of hydrogen-bond donors (Lipinski definition) is 0. The Morgan fingerprint density at radius 2 is 1.85 bits per heavy atom. The fourth-order valence-electron chi connectivity index (χ4n) is 2.53. The molecule has 0 heterocycles. The van der Waals surface area contributed by atoms with Crippen LogP contribution in [0.2, 0.25) is 19.6 Å². The molecule has 1 aliphatic carbocycles. The molecule has 1 fully saturated rings. The van der Waals surface area contributed by atoms with E-state index in [1.54, 1.807) is 12.1 Å². The van der Waals surface area contributed by atoms with Crippen molar-refractivity contribution in [3.63, 3.8) is 0 Å². The Morgan fingerprint density at radius 1 is 1.25 bits per heavy atom. The summed E-state index contributed by atoms with van der Waals surface area (Å²) in [6, 6.07) is 6.42. The lowest BCUT2D eigenvalue weighted by atomic mass is 10.1. The molecule has 1 aliphatic rings. The maximum Gasteiger partial charge on any atom is 0.309 e. The monoisotopic (exact) mass is 292 g/mol. The van der Waals surface area contributed by atoms with E-state index in [-0.39, 0.29) is 29.5 Å². The summed E-state index contributed by atoms with van der Waals surface area (Å²) < 4.78 is 17.9. The molecule has 0 aliphatic heterocycles. The van der Waals surface area contributed by atoms with Gasteiger partial charge in [-0.05, 0) is 23.6 Å². The van der Waals surface area contributed by atoms with Crippen molar-refractivity contribution in [1.82, 2.24) is 0 Å². The van der Waals surface area contributed by atoms with E-state index in [0.717, 1.165) is 5.56 Å². The Balaban J connectivity index is 2.20. The standard InChI is InChI=1S/C16H21FO2Si/c1-19-16(18)15-13(9-10-20(2,3)4)14(15)11-5-7-12(17)8-6-11/h5-10,13-15H,1-4H3/b10-9+/t13-,14+,15+/m1/s1. The lowest BCUT2D eigenvalue weighted by Crippen LogP contribution is -2.15. The number of rotatable bonds is 4. The average Bonchev–Trinajstić information content (AvgIpc) is 3.10. The van der Waals surface area contributed by atoms with Crippen LogP contribution >= 0.6 is 0 Å². The van der Waals surface area contributed by atoms with Crippen molar-refractivity contribution in [3.05, 3.63) is 47.4 Å². The first-order chi connectivity index (χ1) is 9.33. The molecule has 108 valence electrons. The topological polar surface area (TPSA) is 26.3 Å². The number of halogens is 1. The van der Waals surface area contributed by atoms with Crippen molar-refractivity contribution in [1.29, 1.82) is 0 Å². The molecule has 0 radical (unpaired) electrons. The predicted molar refractivity (Wildman–Crippen MR) is 80.6 cm³/mol. The zero-order valence-corrected chi connectivity index (χ0v) is 13.4. The second-order valence-electron chi connectivity index (χ2n) is 6.43. The summed E-state index contributed by atoms with van der Waals surface area (Å²) in [5.74, 6) is -0.254. The third kappa shape index (κ3) is 3.36. The first-order valence-electron chi connectivity index (χ1n) is 6.86. The minimum atomic E-state index is -1.29. The van der Waals surface area contributed by atoms with Crippen LogP contribution < -0.4 is 0 Å². The van der Waals surface area contributed by atoms with Gasteiger partial charge in [-0.25, -0.2) is 4.39 Å². The van der Waals surface area contributed by atoms with Gasteiger partial charge in [-0.2, -0.15) is 0 Å². The van der Waals surface area contributed by atoms with Crippen LogP contribution in [0, 0.1) is 17.7 Å². The fraction of sp³-hybridized carbons (Fsp3) is 0.438. The smallest absolute Gasteiger partial charge is 0.309 e. The Bertz CT molecular complexity index is 516. The highest BCUT2D eigenvalue weighted by molar-refractivity contribution is 6.80. The second kappa shape index (κ2) is 5.52. The van der Waals surface area contributed by atoms with Crippen LogP contribution in [-0.2, 0) is 9.53 Å². The van der Waals surface area contributed by atoms with Crippen molar-refractivity contribution >= 4 is 14.0 Å². The molecule has 0 aromatic heterocycles. The SMILES string of the molecule is COC(=O)[C@H]1[C@H](/C=C/[Si](C)(C)C)[C@@H]1c1ccc(F)cc1. The zero-order chi connectivity index (χ0) is 14.9. The molecule has 0 amide bonds. The largest absolute Gasteiger partial charge is 0.469 e. The lowest BCUT2D eigenvalue weighted by molar-refractivity contribution is -0.142. The van der Waals surface area contributed by atoms with E-state index in [0.29, 0.717) is 0 Å². The molecule has 0 spiro atoms. The third-order valence-electron chi connectivity index (χ3n) is 3.62. The first-order valence-corrected chi connectivity index (χ1v) is 10.4. The molecule has 0 N–H and O–H groups in total. The van der Waals surface area contributed by atoms with Gasteiger partial charge < -0.3 is 4.74 Å². The van der Waals surface area contributed by atoms with Gasteiger partial charge in [-0.1, -0.05) is 43.5 Å². The summed E-state index contributed by atoms with van der Waals surface area (Å²) in [4.78, 5) is 11.8.